The Morgan fingerprint density at radius 2 is 1.62 bits per heavy atom. The van der Waals surface area contributed by atoms with Gasteiger partial charge in [0.1, 0.15) is 11.4 Å². The van der Waals surface area contributed by atoms with Gasteiger partial charge in [-0.05, 0) is 30.7 Å². The predicted octanol–water partition coefficient (Wildman–Crippen LogP) is 4.15. The molecule has 1 saturated heterocycles. The second-order valence-electron chi connectivity index (χ2n) is 7.96. The van der Waals surface area contributed by atoms with Crippen LogP contribution < -0.4 is 19.5 Å². The van der Waals surface area contributed by atoms with E-state index < -0.39 is 0 Å². The van der Waals surface area contributed by atoms with Gasteiger partial charge in [0, 0.05) is 48.3 Å². The van der Waals surface area contributed by atoms with Crippen LogP contribution in [0.2, 0.25) is 5.02 Å². The fourth-order valence-electron chi connectivity index (χ4n) is 4.01. The Bertz CT molecular complexity index is 1230. The van der Waals surface area contributed by atoms with E-state index in [1.807, 2.05) is 19.1 Å². The van der Waals surface area contributed by atoms with Crippen molar-refractivity contribution in [2.45, 2.75) is 6.92 Å². The number of aryl methyl sites for hydroxylation is 1. The summed E-state index contributed by atoms with van der Waals surface area (Å²) in [6, 6.07) is 8.64. The fraction of sp³-hybridized carbons (Fsp3) is 0.333. The number of aromatic amines is 1. The number of piperazine rings is 1. The third-order valence-corrected chi connectivity index (χ3v) is 6.35. The average molecular weight is 487 g/mol. The van der Waals surface area contributed by atoms with Crippen molar-refractivity contribution >= 4 is 40.1 Å². The van der Waals surface area contributed by atoms with Crippen LogP contribution >= 0.6 is 11.6 Å². The molecule has 2 aromatic carbocycles. The van der Waals surface area contributed by atoms with E-state index in [0.717, 1.165) is 10.9 Å². The zero-order valence-electron chi connectivity index (χ0n) is 19.5. The lowest BCUT2D eigenvalue weighted by atomic mass is 10.2. The normalized spacial score (nSPS) is 13.7. The number of nitrogens with one attached hydrogen (secondary N) is 2. The highest BCUT2D eigenvalue weighted by atomic mass is 35.5. The van der Waals surface area contributed by atoms with Crippen LogP contribution in [0.5, 0.6) is 17.2 Å². The summed E-state index contributed by atoms with van der Waals surface area (Å²) in [5.41, 5.74) is 2.61. The van der Waals surface area contributed by atoms with E-state index in [0.29, 0.717) is 65.3 Å². The lowest BCUT2D eigenvalue weighted by Crippen LogP contribution is -2.51. The molecule has 4 rings (SSSR count). The zero-order chi connectivity index (χ0) is 24.4. The van der Waals surface area contributed by atoms with E-state index in [9.17, 15) is 9.59 Å². The van der Waals surface area contributed by atoms with Gasteiger partial charge in [0.05, 0.1) is 26.8 Å². The van der Waals surface area contributed by atoms with E-state index in [-0.39, 0.29) is 11.9 Å². The smallest absolute Gasteiger partial charge is 0.321 e. The Kier molecular flexibility index (Phi) is 6.74. The predicted molar refractivity (Wildman–Crippen MR) is 131 cm³/mol. The molecule has 0 bridgehead atoms. The third-order valence-electron chi connectivity index (χ3n) is 5.95. The van der Waals surface area contributed by atoms with Gasteiger partial charge in [0.25, 0.3) is 5.91 Å². The van der Waals surface area contributed by atoms with Crippen LogP contribution in [0.15, 0.2) is 30.3 Å². The first kappa shape index (κ1) is 23.6. The van der Waals surface area contributed by atoms with E-state index in [1.54, 1.807) is 49.3 Å². The van der Waals surface area contributed by atoms with E-state index >= 15 is 0 Å². The summed E-state index contributed by atoms with van der Waals surface area (Å²) < 4.78 is 16.4. The van der Waals surface area contributed by atoms with Gasteiger partial charge >= 0.3 is 6.03 Å². The minimum atomic E-state index is -0.223. The summed E-state index contributed by atoms with van der Waals surface area (Å²) in [5, 5.41) is 4.18. The lowest BCUT2D eigenvalue weighted by Gasteiger charge is -2.34. The van der Waals surface area contributed by atoms with Crippen LogP contribution in [0.4, 0.5) is 10.5 Å². The Hall–Kier alpha value is -3.59. The summed E-state index contributed by atoms with van der Waals surface area (Å²) in [4.78, 5) is 32.4. The second-order valence-corrected chi connectivity index (χ2v) is 8.37. The van der Waals surface area contributed by atoms with Gasteiger partial charge in [0.2, 0.25) is 0 Å². The van der Waals surface area contributed by atoms with Crippen molar-refractivity contribution in [1.29, 1.82) is 0 Å². The molecule has 3 aromatic rings. The standard InChI is InChI=1S/C24H27ClN4O5/c1-14-5-6-15(11-17(14)25)26-24(31)29-9-7-28(8-10-29)23(30)18-12-16-19(32-2)13-20(33-3)22(34-4)21(16)27-18/h5-6,11-13,27H,7-10H2,1-4H3,(H,26,31). The van der Waals surface area contributed by atoms with Crippen LogP contribution in [0, 0.1) is 6.92 Å². The number of benzene rings is 2. The van der Waals surface area contributed by atoms with E-state index in [1.165, 1.54) is 0 Å². The molecule has 180 valence electrons. The molecule has 1 fully saturated rings. The van der Waals surface area contributed by atoms with Crippen molar-refractivity contribution in [3.8, 4) is 17.2 Å². The maximum atomic E-state index is 13.2. The molecular formula is C24H27ClN4O5. The number of aromatic nitrogens is 1. The number of carbonyl (C=O) groups excluding carboxylic acids is 2. The molecule has 0 radical (unpaired) electrons. The number of ether oxygens (including phenoxy) is 3. The molecule has 1 aliphatic heterocycles. The zero-order valence-corrected chi connectivity index (χ0v) is 20.3. The first-order valence-electron chi connectivity index (χ1n) is 10.8. The Labute approximate surface area is 202 Å². The number of urea groups is 1. The molecule has 0 spiro atoms. The number of anilines is 1. The summed E-state index contributed by atoms with van der Waals surface area (Å²) >= 11 is 6.14. The van der Waals surface area contributed by atoms with Gasteiger partial charge in [-0.15, -0.1) is 0 Å². The number of rotatable bonds is 5. The van der Waals surface area contributed by atoms with Gasteiger partial charge in [0.15, 0.2) is 11.5 Å². The summed E-state index contributed by atoms with van der Waals surface area (Å²) in [5.74, 6) is 1.41. The highest BCUT2D eigenvalue weighted by molar-refractivity contribution is 6.31. The molecule has 2 heterocycles. The number of H-pyrrole nitrogens is 1. The molecule has 0 aliphatic carbocycles. The number of fused-ring (bicyclic) bond motifs is 1. The highest BCUT2D eigenvalue weighted by Crippen LogP contribution is 2.41. The van der Waals surface area contributed by atoms with E-state index in [4.69, 9.17) is 25.8 Å². The SMILES string of the molecule is COc1cc(OC)c2cc(C(=O)N3CCN(C(=O)Nc4ccc(C)c(Cl)c4)CC3)[nH]c2c1OC. The fourth-order valence-corrected chi connectivity index (χ4v) is 4.19. The molecule has 2 N–H and O–H groups in total. The van der Waals surface area contributed by atoms with Crippen molar-refractivity contribution in [1.82, 2.24) is 14.8 Å². The highest BCUT2D eigenvalue weighted by Gasteiger charge is 2.27. The number of carbonyl (C=O) groups is 2. The van der Waals surface area contributed by atoms with Crippen molar-refractivity contribution < 1.29 is 23.8 Å². The summed E-state index contributed by atoms with van der Waals surface area (Å²) in [6.07, 6.45) is 0. The maximum Gasteiger partial charge on any atom is 0.321 e. The van der Waals surface area contributed by atoms with Crippen molar-refractivity contribution in [3.63, 3.8) is 0 Å². The van der Waals surface area contributed by atoms with Gasteiger partial charge in [-0.1, -0.05) is 17.7 Å². The lowest BCUT2D eigenvalue weighted by molar-refractivity contribution is 0.0667. The molecule has 3 amide bonds. The molecule has 1 aliphatic rings. The van der Waals surface area contributed by atoms with Gasteiger partial charge < -0.3 is 34.3 Å². The number of hydrogen-bond acceptors (Lipinski definition) is 5. The number of amides is 3. The average Bonchev–Trinajstić information content (AvgIpc) is 3.30. The van der Waals surface area contributed by atoms with Gasteiger partial charge in [-0.2, -0.15) is 0 Å². The first-order valence-corrected chi connectivity index (χ1v) is 11.2. The molecule has 9 nitrogen and oxygen atoms in total. The monoisotopic (exact) mass is 486 g/mol. The topological polar surface area (TPSA) is 96.1 Å². The number of nitrogens with zero attached hydrogens (tertiary/aromatic N) is 2. The van der Waals surface area contributed by atoms with Crippen LogP contribution in [-0.2, 0) is 0 Å². The number of hydrogen-bond donors (Lipinski definition) is 2. The maximum absolute atomic E-state index is 13.2. The Balaban J connectivity index is 1.46. The van der Waals surface area contributed by atoms with Crippen molar-refractivity contribution in [3.05, 3.63) is 46.6 Å². The summed E-state index contributed by atoms with van der Waals surface area (Å²) in [6.45, 7) is 3.55. The molecular weight excluding hydrogens is 460 g/mol. The van der Waals surface area contributed by atoms with Crippen molar-refractivity contribution in [2.24, 2.45) is 0 Å². The van der Waals surface area contributed by atoms with Crippen LogP contribution in [0.1, 0.15) is 16.1 Å². The van der Waals surface area contributed by atoms with Crippen LogP contribution in [0.25, 0.3) is 10.9 Å². The largest absolute Gasteiger partial charge is 0.496 e. The minimum Gasteiger partial charge on any atom is -0.496 e. The van der Waals surface area contributed by atoms with E-state index in [2.05, 4.69) is 10.3 Å². The molecule has 34 heavy (non-hydrogen) atoms. The molecule has 10 heteroatoms. The molecule has 0 unspecified atom stereocenters. The quantitative estimate of drug-likeness (QED) is 0.565. The second kappa shape index (κ2) is 9.72. The minimum absolute atomic E-state index is 0.162. The molecule has 0 atom stereocenters. The Morgan fingerprint density at radius 3 is 2.24 bits per heavy atom. The van der Waals surface area contributed by atoms with Crippen LogP contribution in [0.3, 0.4) is 0 Å². The number of halogens is 1. The van der Waals surface area contributed by atoms with Gasteiger partial charge in [-0.25, -0.2) is 4.79 Å². The van der Waals surface area contributed by atoms with Gasteiger partial charge in [-0.3, -0.25) is 4.79 Å². The molecule has 1 aromatic heterocycles. The Morgan fingerprint density at radius 1 is 0.941 bits per heavy atom. The van der Waals surface area contributed by atoms with Crippen molar-refractivity contribution in [2.75, 3.05) is 52.8 Å². The third kappa shape index (κ3) is 4.43. The summed E-state index contributed by atoms with van der Waals surface area (Å²) in [7, 11) is 4.64. The van der Waals surface area contributed by atoms with Crippen LogP contribution in [-0.4, -0.2) is 74.2 Å². The first-order chi connectivity index (χ1) is 16.4. The molecule has 0 saturated carbocycles. The number of methoxy groups -OCH3 is 3.